The van der Waals surface area contributed by atoms with E-state index in [1.54, 1.807) is 0 Å². The average Bonchev–Trinajstić information content (AvgIpc) is 3.05. The van der Waals surface area contributed by atoms with Crippen LogP contribution in [-0.2, 0) is 23.8 Å². The Morgan fingerprint density at radius 3 is 1.25 bits per heavy atom. The monoisotopic (exact) mass is 614 g/mol. The molecule has 6 rings (SSSR count). The van der Waals surface area contributed by atoms with Crippen LogP contribution in [0.25, 0.3) is 0 Å². The van der Waals surface area contributed by atoms with E-state index in [0.29, 0.717) is 19.6 Å². The lowest BCUT2D eigenvalue weighted by molar-refractivity contribution is -0.0610. The van der Waals surface area contributed by atoms with Gasteiger partial charge in [0.2, 0.25) is 0 Å². The average molecular weight is 615 g/mol. The predicted molar refractivity (Wildman–Crippen MR) is 173 cm³/mol. The molecule has 0 bridgehead atoms. The van der Waals surface area contributed by atoms with E-state index < -0.39 is 10.1 Å². The summed E-state index contributed by atoms with van der Waals surface area (Å²) >= 11 is 0. The fourth-order valence-corrected chi connectivity index (χ4v) is 6.89. The topological polar surface area (TPSA) is 82.1 Å². The van der Waals surface area contributed by atoms with Gasteiger partial charge in [-0.2, -0.15) is 8.42 Å². The second-order valence-electron chi connectivity index (χ2n) is 11.6. The minimum atomic E-state index is -3.45. The van der Waals surface area contributed by atoms with Crippen LogP contribution in [0.2, 0.25) is 0 Å². The molecule has 0 spiro atoms. The Morgan fingerprint density at radius 1 is 0.591 bits per heavy atom. The quantitative estimate of drug-likeness (QED) is 0.223. The number of hydrogen-bond acceptors (Lipinski definition) is 6. The molecule has 1 N–H and O–H groups in total. The Bertz CT molecular complexity index is 1400. The van der Waals surface area contributed by atoms with Gasteiger partial charge in [-0.25, -0.2) is 0 Å². The molecular formula is C37H42O6S. The standard InChI is InChI=1S/C19H22O4S.C18H20O2/c1-24(20,21)23-17-12-13-18(22-14-17)19(15-8-4-2-5-9-15)16-10-6-3-7-11-16;19-16-11-12-17(20-13-16)18(14-7-3-1-4-8-14)15-9-5-2-6-10-15/h2-11,17-19H,12-14H2,1H3;1-10,16-19H,11-13H2/t17-,18?;16-,17-/m11/s1. The molecule has 7 heteroatoms. The van der Waals surface area contributed by atoms with Gasteiger partial charge >= 0.3 is 0 Å². The van der Waals surface area contributed by atoms with Crippen molar-refractivity contribution in [3.05, 3.63) is 144 Å². The van der Waals surface area contributed by atoms with Gasteiger partial charge in [-0.15, -0.1) is 0 Å². The highest BCUT2D eigenvalue weighted by Crippen LogP contribution is 2.36. The molecule has 6 nitrogen and oxygen atoms in total. The van der Waals surface area contributed by atoms with E-state index in [4.69, 9.17) is 13.7 Å². The maximum Gasteiger partial charge on any atom is 0.264 e. The number of aliphatic hydroxyl groups excluding tert-OH is 1. The zero-order valence-electron chi connectivity index (χ0n) is 25.2. The zero-order chi connectivity index (χ0) is 30.8. The summed E-state index contributed by atoms with van der Waals surface area (Å²) in [7, 11) is -3.45. The van der Waals surface area contributed by atoms with Crippen molar-refractivity contribution in [1.82, 2.24) is 0 Å². The summed E-state index contributed by atoms with van der Waals surface area (Å²) in [4.78, 5) is 0. The maximum atomic E-state index is 11.3. The second-order valence-corrected chi connectivity index (χ2v) is 13.2. The first-order valence-electron chi connectivity index (χ1n) is 15.4. The molecule has 4 atom stereocenters. The molecule has 0 radical (unpaired) electrons. The van der Waals surface area contributed by atoms with Gasteiger partial charge in [-0.1, -0.05) is 121 Å². The lowest BCUT2D eigenvalue weighted by Gasteiger charge is -2.34. The van der Waals surface area contributed by atoms with Gasteiger partial charge in [-0.05, 0) is 47.9 Å². The summed E-state index contributed by atoms with van der Waals surface area (Å²) in [5.74, 6) is 0.372. The molecule has 2 heterocycles. The molecular weight excluding hydrogens is 572 g/mol. The highest BCUT2D eigenvalue weighted by atomic mass is 32.2. The third-order valence-electron chi connectivity index (χ3n) is 8.25. The van der Waals surface area contributed by atoms with Crippen LogP contribution in [0.5, 0.6) is 0 Å². The van der Waals surface area contributed by atoms with Crippen LogP contribution in [0.3, 0.4) is 0 Å². The molecule has 2 aliphatic heterocycles. The third kappa shape index (κ3) is 9.10. The summed E-state index contributed by atoms with van der Waals surface area (Å²) < 4.78 is 39.6. The molecule has 232 valence electrons. The lowest BCUT2D eigenvalue weighted by atomic mass is 9.83. The van der Waals surface area contributed by atoms with E-state index in [2.05, 4.69) is 72.8 Å². The van der Waals surface area contributed by atoms with Crippen LogP contribution in [0.1, 0.15) is 59.8 Å². The van der Waals surface area contributed by atoms with E-state index in [9.17, 15) is 13.5 Å². The fraction of sp³-hybridized carbons (Fsp3) is 0.351. The Balaban J connectivity index is 0.000000177. The van der Waals surface area contributed by atoms with Crippen LogP contribution < -0.4 is 0 Å². The first kappa shape index (κ1) is 32.1. The molecule has 0 amide bonds. The smallest absolute Gasteiger partial charge is 0.264 e. The molecule has 2 saturated heterocycles. The highest BCUT2D eigenvalue weighted by molar-refractivity contribution is 7.86. The Hall–Kier alpha value is -3.33. The van der Waals surface area contributed by atoms with Gasteiger partial charge < -0.3 is 14.6 Å². The van der Waals surface area contributed by atoms with Crippen molar-refractivity contribution in [2.24, 2.45) is 0 Å². The molecule has 1 unspecified atom stereocenters. The van der Waals surface area contributed by atoms with Gasteiger partial charge in [0.1, 0.15) is 6.10 Å². The first-order valence-corrected chi connectivity index (χ1v) is 17.2. The van der Waals surface area contributed by atoms with E-state index in [0.717, 1.165) is 25.5 Å². The van der Waals surface area contributed by atoms with Crippen molar-refractivity contribution < 1.29 is 27.2 Å². The number of ether oxygens (including phenoxy) is 2. The van der Waals surface area contributed by atoms with Crippen LogP contribution in [0, 0.1) is 0 Å². The van der Waals surface area contributed by atoms with Gasteiger partial charge in [-0.3, -0.25) is 4.18 Å². The minimum Gasteiger partial charge on any atom is -0.391 e. The molecule has 2 aliphatic rings. The number of aliphatic hydroxyl groups is 1. The van der Waals surface area contributed by atoms with Crippen LogP contribution in [0.4, 0.5) is 0 Å². The van der Waals surface area contributed by atoms with Crippen LogP contribution in [0.15, 0.2) is 121 Å². The molecule has 4 aromatic carbocycles. The molecule has 0 saturated carbocycles. The van der Waals surface area contributed by atoms with E-state index >= 15 is 0 Å². The number of rotatable bonds is 8. The van der Waals surface area contributed by atoms with Crippen LogP contribution in [-0.4, -0.2) is 57.4 Å². The Labute approximate surface area is 261 Å². The molecule has 4 aromatic rings. The fourth-order valence-electron chi connectivity index (χ4n) is 6.24. The SMILES string of the molecule is CS(=O)(=O)O[C@@H]1CCC(C(c2ccccc2)c2ccccc2)OC1.O[C@@H]1CC[C@H](C(c2ccccc2)c2ccccc2)OC1. The first-order chi connectivity index (χ1) is 21.4. The normalized spacial score (nSPS) is 22.3. The largest absolute Gasteiger partial charge is 0.391 e. The van der Waals surface area contributed by atoms with Crippen molar-refractivity contribution in [1.29, 1.82) is 0 Å². The van der Waals surface area contributed by atoms with Gasteiger partial charge in [0, 0.05) is 11.8 Å². The van der Waals surface area contributed by atoms with Crippen LogP contribution >= 0.6 is 0 Å². The molecule has 44 heavy (non-hydrogen) atoms. The van der Waals surface area contributed by atoms with Crippen molar-refractivity contribution >= 4 is 10.1 Å². The van der Waals surface area contributed by atoms with E-state index in [-0.39, 0.29) is 36.3 Å². The Morgan fingerprint density at radius 2 is 0.955 bits per heavy atom. The van der Waals surface area contributed by atoms with Crippen molar-refractivity contribution in [2.45, 2.75) is 61.9 Å². The van der Waals surface area contributed by atoms with Gasteiger partial charge in [0.25, 0.3) is 10.1 Å². The van der Waals surface area contributed by atoms with Gasteiger partial charge in [0.05, 0.1) is 37.8 Å². The summed E-state index contributed by atoms with van der Waals surface area (Å²) in [6.07, 6.45) is 3.69. The van der Waals surface area contributed by atoms with Gasteiger partial charge in [0.15, 0.2) is 0 Å². The van der Waals surface area contributed by atoms with Crippen molar-refractivity contribution in [2.75, 3.05) is 19.5 Å². The summed E-state index contributed by atoms with van der Waals surface area (Å²) in [5.41, 5.74) is 4.97. The lowest BCUT2D eigenvalue weighted by Crippen LogP contribution is -2.36. The maximum absolute atomic E-state index is 11.3. The third-order valence-corrected chi connectivity index (χ3v) is 8.87. The zero-order valence-corrected chi connectivity index (χ0v) is 26.0. The summed E-state index contributed by atoms with van der Waals surface area (Å²) in [5, 5.41) is 9.62. The molecule has 2 fully saturated rings. The number of hydrogen-bond donors (Lipinski definition) is 1. The molecule has 0 aromatic heterocycles. The van der Waals surface area contributed by atoms with E-state index in [1.165, 1.54) is 22.3 Å². The minimum absolute atomic E-state index is 0.00853. The summed E-state index contributed by atoms with van der Waals surface area (Å²) in [6, 6.07) is 41.6. The Kier molecular flexibility index (Phi) is 11.4. The van der Waals surface area contributed by atoms with E-state index in [1.807, 2.05) is 48.5 Å². The molecule has 0 aliphatic carbocycles. The second kappa shape index (κ2) is 15.6. The van der Waals surface area contributed by atoms with Crippen molar-refractivity contribution in [3.8, 4) is 0 Å². The summed E-state index contributed by atoms with van der Waals surface area (Å²) in [6.45, 7) is 0.745. The predicted octanol–water partition coefficient (Wildman–Crippen LogP) is 6.70. The number of benzene rings is 4. The highest BCUT2D eigenvalue weighted by Gasteiger charge is 2.32. The van der Waals surface area contributed by atoms with Crippen molar-refractivity contribution in [3.63, 3.8) is 0 Å².